The standard InChI is InChI=1S/C14H19N3O4/c1-3-7-10(8-4-5-21-11(7)8)15-12(18)9-6-17(2)14(20)16-13(9)19/h6-8,10-11H,3-5H2,1-2H3,(H,15,18)(H,16,19,20)/t7-,8+,10-,11-/m0/s1. The van der Waals surface area contributed by atoms with Crippen molar-refractivity contribution < 1.29 is 9.53 Å². The Morgan fingerprint density at radius 1 is 1.52 bits per heavy atom. The summed E-state index contributed by atoms with van der Waals surface area (Å²) in [5.74, 6) is 0.208. The van der Waals surface area contributed by atoms with Crippen LogP contribution in [-0.4, -0.2) is 34.2 Å². The Kier molecular flexibility index (Phi) is 3.44. The van der Waals surface area contributed by atoms with Gasteiger partial charge in [0.1, 0.15) is 5.56 Å². The second kappa shape index (κ2) is 5.14. The molecule has 0 unspecified atom stereocenters. The van der Waals surface area contributed by atoms with Gasteiger partial charge in [0, 0.05) is 37.7 Å². The maximum Gasteiger partial charge on any atom is 0.328 e. The Labute approximate surface area is 121 Å². The van der Waals surface area contributed by atoms with Crippen molar-refractivity contribution in [3.63, 3.8) is 0 Å². The number of rotatable bonds is 3. The van der Waals surface area contributed by atoms with Gasteiger partial charge >= 0.3 is 5.69 Å². The molecule has 7 nitrogen and oxygen atoms in total. The van der Waals surface area contributed by atoms with Crippen molar-refractivity contribution in [1.29, 1.82) is 0 Å². The van der Waals surface area contributed by atoms with Gasteiger partial charge in [0.25, 0.3) is 11.5 Å². The summed E-state index contributed by atoms with van der Waals surface area (Å²) in [6.07, 6.45) is 3.38. The zero-order valence-electron chi connectivity index (χ0n) is 12.1. The minimum atomic E-state index is -0.651. The highest BCUT2D eigenvalue weighted by molar-refractivity contribution is 5.93. The molecule has 21 heavy (non-hydrogen) atoms. The molecule has 2 fully saturated rings. The molecule has 1 aromatic rings. The van der Waals surface area contributed by atoms with Crippen LogP contribution in [0.1, 0.15) is 30.1 Å². The lowest BCUT2D eigenvalue weighted by Gasteiger charge is -2.47. The molecule has 3 rings (SSSR count). The van der Waals surface area contributed by atoms with E-state index in [-0.39, 0.29) is 17.7 Å². The predicted octanol–water partition coefficient (Wildman–Crippen LogP) is -0.383. The van der Waals surface area contributed by atoms with Crippen molar-refractivity contribution in [2.45, 2.75) is 31.9 Å². The van der Waals surface area contributed by atoms with E-state index in [0.29, 0.717) is 11.8 Å². The molecule has 4 atom stereocenters. The maximum absolute atomic E-state index is 12.3. The van der Waals surface area contributed by atoms with Gasteiger partial charge in [-0.25, -0.2) is 4.79 Å². The van der Waals surface area contributed by atoms with Gasteiger partial charge in [-0.1, -0.05) is 6.92 Å². The number of aromatic amines is 1. The second-order valence-corrected chi connectivity index (χ2v) is 5.77. The summed E-state index contributed by atoms with van der Waals surface area (Å²) in [4.78, 5) is 37.5. The monoisotopic (exact) mass is 293 g/mol. The van der Waals surface area contributed by atoms with Crippen LogP contribution < -0.4 is 16.6 Å². The van der Waals surface area contributed by atoms with Crippen LogP contribution in [0.25, 0.3) is 0 Å². The van der Waals surface area contributed by atoms with Gasteiger partial charge in [-0.15, -0.1) is 0 Å². The average Bonchev–Trinajstić information content (AvgIpc) is 2.85. The number of aromatic nitrogens is 2. The molecule has 1 saturated carbocycles. The first-order valence-corrected chi connectivity index (χ1v) is 7.25. The Hall–Kier alpha value is -1.89. The molecule has 1 amide bonds. The highest BCUT2D eigenvalue weighted by atomic mass is 16.5. The van der Waals surface area contributed by atoms with Crippen molar-refractivity contribution in [3.05, 3.63) is 32.6 Å². The predicted molar refractivity (Wildman–Crippen MR) is 75.2 cm³/mol. The molecule has 2 aliphatic rings. The van der Waals surface area contributed by atoms with E-state index in [2.05, 4.69) is 17.2 Å². The number of amides is 1. The molecular formula is C14H19N3O4. The van der Waals surface area contributed by atoms with Gasteiger partial charge < -0.3 is 14.6 Å². The molecule has 0 spiro atoms. The molecule has 1 aromatic heterocycles. The van der Waals surface area contributed by atoms with E-state index in [9.17, 15) is 14.4 Å². The van der Waals surface area contributed by atoms with Crippen LogP contribution >= 0.6 is 0 Å². The molecular weight excluding hydrogens is 274 g/mol. The highest BCUT2D eigenvalue weighted by Crippen LogP contribution is 2.45. The lowest BCUT2D eigenvalue weighted by Crippen LogP contribution is -2.61. The first kappa shape index (κ1) is 14.1. The number of carbonyl (C=O) groups is 1. The molecule has 2 N–H and O–H groups in total. The number of carbonyl (C=O) groups excluding carboxylic acids is 1. The number of ether oxygens (including phenoxy) is 1. The van der Waals surface area contributed by atoms with Crippen molar-refractivity contribution >= 4 is 5.91 Å². The van der Waals surface area contributed by atoms with Crippen LogP contribution in [0.3, 0.4) is 0 Å². The average molecular weight is 293 g/mol. The van der Waals surface area contributed by atoms with Crippen molar-refractivity contribution in [3.8, 4) is 0 Å². The van der Waals surface area contributed by atoms with Crippen molar-refractivity contribution in [1.82, 2.24) is 14.9 Å². The minimum Gasteiger partial charge on any atom is -0.377 e. The quantitative estimate of drug-likeness (QED) is 0.794. The van der Waals surface area contributed by atoms with Gasteiger partial charge in [0.15, 0.2) is 0 Å². The van der Waals surface area contributed by atoms with E-state index >= 15 is 0 Å². The molecule has 1 saturated heterocycles. The minimum absolute atomic E-state index is 0.0330. The molecule has 0 aromatic carbocycles. The second-order valence-electron chi connectivity index (χ2n) is 5.77. The molecule has 0 bridgehead atoms. The zero-order chi connectivity index (χ0) is 15.1. The number of nitrogens with one attached hydrogen (secondary N) is 2. The van der Waals surface area contributed by atoms with E-state index in [1.165, 1.54) is 17.8 Å². The van der Waals surface area contributed by atoms with Gasteiger partial charge in [-0.2, -0.15) is 0 Å². The van der Waals surface area contributed by atoms with Crippen LogP contribution in [0.4, 0.5) is 0 Å². The van der Waals surface area contributed by atoms with E-state index in [1.807, 2.05) is 0 Å². The molecule has 0 radical (unpaired) electrons. The fraction of sp³-hybridized carbons (Fsp3) is 0.643. The van der Waals surface area contributed by atoms with Crippen LogP contribution in [0.5, 0.6) is 0 Å². The molecule has 1 aliphatic heterocycles. The van der Waals surface area contributed by atoms with E-state index in [0.717, 1.165) is 19.4 Å². The number of nitrogens with zero attached hydrogens (tertiary/aromatic N) is 1. The van der Waals surface area contributed by atoms with Crippen molar-refractivity contribution in [2.24, 2.45) is 18.9 Å². The normalized spacial score (nSPS) is 30.6. The molecule has 7 heteroatoms. The van der Waals surface area contributed by atoms with Crippen molar-refractivity contribution in [2.75, 3.05) is 6.61 Å². The fourth-order valence-corrected chi connectivity index (χ4v) is 3.48. The Morgan fingerprint density at radius 3 is 3.00 bits per heavy atom. The zero-order valence-corrected chi connectivity index (χ0v) is 12.1. The summed E-state index contributed by atoms with van der Waals surface area (Å²) >= 11 is 0. The van der Waals surface area contributed by atoms with E-state index in [1.54, 1.807) is 0 Å². The number of fused-ring (bicyclic) bond motifs is 1. The Morgan fingerprint density at radius 2 is 2.29 bits per heavy atom. The van der Waals surface area contributed by atoms with Crippen LogP contribution in [0, 0.1) is 11.8 Å². The summed E-state index contributed by atoms with van der Waals surface area (Å²) in [7, 11) is 1.49. The topological polar surface area (TPSA) is 93.2 Å². The van der Waals surface area contributed by atoms with Crippen LogP contribution in [-0.2, 0) is 11.8 Å². The SMILES string of the molecule is CC[C@H]1[C@H](NC(=O)c2cn(C)c(=O)[nH]c2=O)[C@H]2CCO[C@H]21. The number of hydrogen-bond acceptors (Lipinski definition) is 4. The third kappa shape index (κ3) is 2.21. The van der Waals surface area contributed by atoms with Crippen LogP contribution in [0.2, 0.25) is 0 Å². The lowest BCUT2D eigenvalue weighted by molar-refractivity contribution is -0.0545. The third-order valence-electron chi connectivity index (χ3n) is 4.65. The number of hydrogen-bond donors (Lipinski definition) is 2. The van der Waals surface area contributed by atoms with E-state index in [4.69, 9.17) is 4.74 Å². The summed E-state index contributed by atoms with van der Waals surface area (Å²) in [6.45, 7) is 2.80. The summed E-state index contributed by atoms with van der Waals surface area (Å²) in [5.41, 5.74) is -1.22. The number of H-pyrrole nitrogens is 1. The molecule has 114 valence electrons. The summed E-state index contributed by atoms with van der Waals surface area (Å²) in [6, 6.07) is 0.0478. The largest absolute Gasteiger partial charge is 0.377 e. The summed E-state index contributed by atoms with van der Waals surface area (Å²) < 4.78 is 6.86. The van der Waals surface area contributed by atoms with Gasteiger partial charge in [0.05, 0.1) is 6.10 Å². The third-order valence-corrected chi connectivity index (χ3v) is 4.65. The molecule has 1 aliphatic carbocycles. The van der Waals surface area contributed by atoms with Gasteiger partial charge in [-0.3, -0.25) is 14.6 Å². The maximum atomic E-state index is 12.3. The molecule has 2 heterocycles. The first-order chi connectivity index (χ1) is 10.0. The van der Waals surface area contributed by atoms with Crippen LogP contribution in [0.15, 0.2) is 15.8 Å². The smallest absolute Gasteiger partial charge is 0.328 e. The first-order valence-electron chi connectivity index (χ1n) is 7.25. The lowest BCUT2D eigenvalue weighted by atomic mass is 9.65. The fourth-order valence-electron chi connectivity index (χ4n) is 3.48. The summed E-state index contributed by atoms with van der Waals surface area (Å²) in [5, 5.41) is 2.94. The highest BCUT2D eigenvalue weighted by Gasteiger charge is 2.53. The van der Waals surface area contributed by atoms with Gasteiger partial charge in [0.2, 0.25) is 0 Å². The Balaban J connectivity index is 1.79. The number of aryl methyl sites for hydroxylation is 1. The van der Waals surface area contributed by atoms with Gasteiger partial charge in [-0.05, 0) is 12.8 Å². The van der Waals surface area contributed by atoms with E-state index < -0.39 is 17.2 Å². The Bertz CT molecular complexity index is 678.